The highest BCUT2D eigenvalue weighted by Crippen LogP contribution is 2.46. The van der Waals surface area contributed by atoms with Crippen LogP contribution in [0.3, 0.4) is 0 Å². The van der Waals surface area contributed by atoms with Gasteiger partial charge in [-0.3, -0.25) is 9.69 Å². The average molecular weight is 371 g/mol. The number of likely N-dealkylation sites (tertiary alicyclic amines) is 1. The van der Waals surface area contributed by atoms with Crippen molar-refractivity contribution in [2.45, 2.75) is 30.8 Å². The third-order valence-electron chi connectivity index (χ3n) is 7.28. The van der Waals surface area contributed by atoms with Crippen LogP contribution in [0.15, 0.2) is 60.8 Å². The van der Waals surface area contributed by atoms with Crippen molar-refractivity contribution in [2.75, 3.05) is 19.6 Å². The number of rotatable bonds is 2. The number of nitrogens with one attached hydrogen (secondary N) is 1. The molecule has 1 aromatic heterocycles. The third-order valence-corrected chi connectivity index (χ3v) is 7.28. The lowest BCUT2D eigenvalue weighted by atomic mass is 9.75. The van der Waals surface area contributed by atoms with Crippen LogP contribution < -0.4 is 0 Å². The summed E-state index contributed by atoms with van der Waals surface area (Å²) >= 11 is 0. The number of hydrogen-bond donors (Lipinski definition) is 1. The number of aromatic amines is 1. The summed E-state index contributed by atoms with van der Waals surface area (Å²) in [5, 5.41) is 1.15. The monoisotopic (exact) mass is 371 g/mol. The number of H-pyrrole nitrogens is 1. The normalized spacial score (nSPS) is 31.3. The Morgan fingerprint density at radius 1 is 0.964 bits per heavy atom. The highest BCUT2D eigenvalue weighted by atomic mass is 16.2. The van der Waals surface area contributed by atoms with Crippen molar-refractivity contribution in [1.82, 2.24) is 14.8 Å². The maximum Gasteiger partial charge on any atom is 0.254 e. The number of carbonyl (C=O) groups excluding carboxylic acids is 1. The lowest BCUT2D eigenvalue weighted by Crippen LogP contribution is -2.60. The Morgan fingerprint density at radius 2 is 1.79 bits per heavy atom. The first kappa shape index (κ1) is 16.4. The first-order chi connectivity index (χ1) is 13.8. The number of aromatic nitrogens is 1. The summed E-state index contributed by atoms with van der Waals surface area (Å²) in [5.74, 6) is 1.24. The Labute approximate surface area is 165 Å². The van der Waals surface area contributed by atoms with Crippen molar-refractivity contribution in [3.63, 3.8) is 0 Å². The third kappa shape index (κ3) is 2.37. The van der Waals surface area contributed by atoms with E-state index in [1.54, 1.807) is 0 Å². The summed E-state index contributed by atoms with van der Waals surface area (Å²) in [7, 11) is 0. The summed E-state index contributed by atoms with van der Waals surface area (Å²) in [4.78, 5) is 21.7. The first-order valence-corrected chi connectivity index (χ1v) is 10.5. The molecule has 4 fully saturated rings. The van der Waals surface area contributed by atoms with Crippen LogP contribution in [0.1, 0.15) is 34.7 Å². The molecular formula is C24H25N3O. The van der Waals surface area contributed by atoms with Crippen LogP contribution in [0.2, 0.25) is 0 Å². The zero-order valence-corrected chi connectivity index (χ0v) is 15.9. The van der Waals surface area contributed by atoms with E-state index < -0.39 is 0 Å². The standard InChI is InChI=1S/C24H25N3O/c28-24(19-7-6-17-8-11-25-21(17)14-19)27-15-20(16-4-2-1-3-5-16)23-22(27)18-9-12-26(23)13-10-18/h1-8,11,14,18,20,22-23,25H,9-10,12-13,15H2/t20-,22+,23+/m0/s1. The minimum atomic E-state index is 0.193. The molecule has 0 unspecified atom stereocenters. The molecule has 0 radical (unpaired) electrons. The van der Waals surface area contributed by atoms with E-state index in [0.29, 0.717) is 23.9 Å². The molecule has 3 atom stereocenters. The van der Waals surface area contributed by atoms with Gasteiger partial charge in [-0.25, -0.2) is 0 Å². The SMILES string of the molecule is O=C(c1ccc2cc[nH]c2c1)N1C[C@@H](c2ccccc2)[C@@H]2[C@H]1C1CCN2CC1. The van der Waals surface area contributed by atoms with Crippen molar-refractivity contribution in [3.8, 4) is 0 Å². The molecule has 4 saturated heterocycles. The summed E-state index contributed by atoms with van der Waals surface area (Å²) in [6.45, 7) is 3.20. The van der Waals surface area contributed by atoms with Crippen LogP contribution >= 0.6 is 0 Å². The molecule has 4 heteroatoms. The predicted octanol–water partition coefficient (Wildman–Crippen LogP) is 3.87. The largest absolute Gasteiger partial charge is 0.361 e. The van der Waals surface area contributed by atoms with E-state index in [1.165, 1.54) is 31.5 Å². The molecule has 7 rings (SSSR count). The fraction of sp³-hybridized carbons (Fsp3) is 0.375. The van der Waals surface area contributed by atoms with E-state index in [4.69, 9.17) is 0 Å². The van der Waals surface area contributed by atoms with Gasteiger partial charge in [0.15, 0.2) is 0 Å². The van der Waals surface area contributed by atoms with Crippen molar-refractivity contribution < 1.29 is 4.79 Å². The molecule has 2 aromatic carbocycles. The molecule has 28 heavy (non-hydrogen) atoms. The highest BCUT2D eigenvalue weighted by molar-refractivity contribution is 5.98. The number of carbonyl (C=O) groups is 1. The molecule has 5 heterocycles. The Hall–Kier alpha value is -2.59. The van der Waals surface area contributed by atoms with Crippen LogP contribution in [-0.4, -0.2) is 52.4 Å². The van der Waals surface area contributed by atoms with Gasteiger partial charge in [0.25, 0.3) is 5.91 Å². The summed E-state index contributed by atoms with van der Waals surface area (Å²) < 4.78 is 0. The molecule has 1 amide bonds. The van der Waals surface area contributed by atoms with Gasteiger partial charge < -0.3 is 9.88 Å². The predicted molar refractivity (Wildman–Crippen MR) is 110 cm³/mol. The molecule has 3 aromatic rings. The van der Waals surface area contributed by atoms with E-state index in [-0.39, 0.29) is 5.91 Å². The minimum absolute atomic E-state index is 0.193. The number of piperidine rings is 3. The lowest BCUT2D eigenvalue weighted by Gasteiger charge is -2.51. The van der Waals surface area contributed by atoms with E-state index in [1.807, 2.05) is 24.4 Å². The molecule has 0 saturated carbocycles. The second kappa shape index (κ2) is 6.21. The van der Waals surface area contributed by atoms with E-state index in [9.17, 15) is 4.79 Å². The van der Waals surface area contributed by atoms with E-state index >= 15 is 0 Å². The number of hydrogen-bond acceptors (Lipinski definition) is 2. The average Bonchev–Trinajstić information content (AvgIpc) is 3.40. The van der Waals surface area contributed by atoms with Crippen LogP contribution in [0.4, 0.5) is 0 Å². The summed E-state index contributed by atoms with van der Waals surface area (Å²) in [6, 6.07) is 19.7. The van der Waals surface area contributed by atoms with Gasteiger partial charge >= 0.3 is 0 Å². The number of fused-ring (bicyclic) bond motifs is 3. The topological polar surface area (TPSA) is 39.3 Å². The van der Waals surface area contributed by atoms with Gasteiger partial charge in [0.1, 0.15) is 0 Å². The van der Waals surface area contributed by atoms with E-state index in [0.717, 1.165) is 23.0 Å². The Kier molecular flexibility index (Phi) is 3.63. The quantitative estimate of drug-likeness (QED) is 0.743. The Bertz CT molecular complexity index is 1020. The zero-order chi connectivity index (χ0) is 18.7. The van der Waals surface area contributed by atoms with Gasteiger partial charge in [-0.05, 0) is 61.0 Å². The van der Waals surface area contributed by atoms with Crippen LogP contribution in [-0.2, 0) is 0 Å². The fourth-order valence-electron chi connectivity index (χ4n) is 5.99. The van der Waals surface area contributed by atoms with Crippen molar-refractivity contribution in [2.24, 2.45) is 5.92 Å². The van der Waals surface area contributed by atoms with Crippen LogP contribution in [0.5, 0.6) is 0 Å². The van der Waals surface area contributed by atoms with E-state index in [2.05, 4.69) is 51.2 Å². The number of amides is 1. The van der Waals surface area contributed by atoms with Gasteiger partial charge in [-0.2, -0.15) is 0 Å². The molecule has 4 nitrogen and oxygen atoms in total. The zero-order valence-electron chi connectivity index (χ0n) is 15.9. The van der Waals surface area contributed by atoms with Gasteiger partial charge in [-0.1, -0.05) is 36.4 Å². The van der Waals surface area contributed by atoms with Crippen LogP contribution in [0.25, 0.3) is 10.9 Å². The molecule has 142 valence electrons. The molecule has 4 aliphatic heterocycles. The fourth-order valence-corrected chi connectivity index (χ4v) is 5.99. The molecular weight excluding hydrogens is 346 g/mol. The maximum absolute atomic E-state index is 13.6. The highest BCUT2D eigenvalue weighted by Gasteiger charge is 2.54. The molecule has 0 aliphatic carbocycles. The Morgan fingerprint density at radius 3 is 2.61 bits per heavy atom. The first-order valence-electron chi connectivity index (χ1n) is 10.5. The lowest BCUT2D eigenvalue weighted by molar-refractivity contribution is -0.00340. The Balaban J connectivity index is 1.39. The molecule has 0 spiro atoms. The molecule has 1 N–H and O–H groups in total. The van der Waals surface area contributed by atoms with Gasteiger partial charge in [-0.15, -0.1) is 0 Å². The van der Waals surface area contributed by atoms with Crippen molar-refractivity contribution in [1.29, 1.82) is 0 Å². The smallest absolute Gasteiger partial charge is 0.254 e. The number of nitrogens with zero attached hydrogens (tertiary/aromatic N) is 2. The molecule has 2 bridgehead atoms. The van der Waals surface area contributed by atoms with Crippen molar-refractivity contribution >= 4 is 16.8 Å². The maximum atomic E-state index is 13.6. The number of benzene rings is 2. The summed E-state index contributed by atoms with van der Waals surface area (Å²) in [6.07, 6.45) is 4.38. The van der Waals surface area contributed by atoms with Gasteiger partial charge in [0.2, 0.25) is 0 Å². The van der Waals surface area contributed by atoms with Gasteiger partial charge in [0.05, 0.1) is 6.04 Å². The second-order valence-corrected chi connectivity index (χ2v) is 8.61. The minimum Gasteiger partial charge on any atom is -0.361 e. The second-order valence-electron chi connectivity index (χ2n) is 8.61. The summed E-state index contributed by atoms with van der Waals surface area (Å²) in [5.41, 5.74) is 3.22. The van der Waals surface area contributed by atoms with Gasteiger partial charge in [0, 0.05) is 35.8 Å². The van der Waals surface area contributed by atoms with Crippen molar-refractivity contribution in [3.05, 3.63) is 71.9 Å². The molecule has 4 aliphatic rings. The van der Waals surface area contributed by atoms with Crippen LogP contribution in [0, 0.1) is 5.92 Å².